The van der Waals surface area contributed by atoms with Gasteiger partial charge < -0.3 is 4.74 Å². The Balaban J connectivity index is 1.86. The smallest absolute Gasteiger partial charge is 0.202 e. The molecule has 0 bridgehead atoms. The molecule has 0 aliphatic heterocycles. The van der Waals surface area contributed by atoms with E-state index in [0.717, 1.165) is 23.7 Å². The molecule has 31 heavy (non-hydrogen) atoms. The minimum Gasteiger partial charge on any atom is -0.465 e. The largest absolute Gasteiger partial charge is 0.465 e. The van der Waals surface area contributed by atoms with Crippen molar-refractivity contribution in [2.24, 2.45) is 0 Å². The highest BCUT2D eigenvalue weighted by atomic mass is 35.5. The molecule has 2 rings (SSSR count). The van der Waals surface area contributed by atoms with Crippen LogP contribution >= 0.6 is 11.6 Å². The fraction of sp³-hybridized carbons (Fsp3) is 0.556. The van der Waals surface area contributed by atoms with Crippen LogP contribution in [-0.2, 0) is 17.7 Å². The van der Waals surface area contributed by atoms with Crippen molar-refractivity contribution in [3.8, 4) is 5.75 Å². The zero-order valence-electron chi connectivity index (χ0n) is 20.1. The highest BCUT2D eigenvalue weighted by Crippen LogP contribution is 2.24. The minimum atomic E-state index is -0.316. The van der Waals surface area contributed by atoms with Crippen molar-refractivity contribution in [3.63, 3.8) is 0 Å². The van der Waals surface area contributed by atoms with Crippen LogP contribution in [0.15, 0.2) is 48.5 Å². The van der Waals surface area contributed by atoms with Gasteiger partial charge in [0.2, 0.25) is 6.29 Å². The van der Waals surface area contributed by atoms with Gasteiger partial charge >= 0.3 is 0 Å². The topological polar surface area (TPSA) is 18.5 Å². The third-order valence-electron chi connectivity index (χ3n) is 5.94. The number of benzene rings is 2. The maximum atomic E-state index is 6.26. The molecular weight excluding hydrogens is 406 g/mol. The van der Waals surface area contributed by atoms with E-state index in [2.05, 4.69) is 58.3 Å². The molecule has 4 heteroatoms. The average molecular weight is 447 g/mol. The Morgan fingerprint density at radius 3 is 2.23 bits per heavy atom. The molecular formula is C27H41ClNO2+. The maximum Gasteiger partial charge on any atom is 0.202 e. The summed E-state index contributed by atoms with van der Waals surface area (Å²) >= 11 is 6.02. The molecule has 0 radical (unpaired) electrons. The summed E-state index contributed by atoms with van der Waals surface area (Å²) in [7, 11) is 4.36. The first kappa shape index (κ1) is 25.7. The number of hydrogen-bond donors (Lipinski definition) is 0. The third-order valence-corrected chi connectivity index (χ3v) is 6.19. The summed E-state index contributed by atoms with van der Waals surface area (Å²) in [5.74, 6) is 0.943. The van der Waals surface area contributed by atoms with E-state index in [1.54, 1.807) is 0 Å². The molecule has 0 aliphatic rings. The van der Waals surface area contributed by atoms with E-state index in [1.165, 1.54) is 49.7 Å². The number of rotatable bonds is 14. The van der Waals surface area contributed by atoms with Gasteiger partial charge in [0, 0.05) is 17.5 Å². The minimum absolute atomic E-state index is 0.0172. The first-order chi connectivity index (χ1) is 14.8. The van der Waals surface area contributed by atoms with Crippen molar-refractivity contribution in [1.82, 2.24) is 0 Å². The molecule has 0 saturated heterocycles. The zero-order chi connectivity index (χ0) is 22.7. The molecule has 2 atom stereocenters. The molecule has 172 valence electrons. The second kappa shape index (κ2) is 13.1. The number of nitrogens with zero attached hydrogens (tertiary/aromatic N) is 1. The summed E-state index contributed by atoms with van der Waals surface area (Å²) in [6, 6.07) is 16.4. The van der Waals surface area contributed by atoms with Crippen molar-refractivity contribution in [1.29, 1.82) is 0 Å². The second-order valence-corrected chi connectivity index (χ2v) is 9.55. The van der Waals surface area contributed by atoms with Crippen LogP contribution in [0, 0.1) is 0 Å². The predicted octanol–water partition coefficient (Wildman–Crippen LogP) is 7.61. The highest BCUT2D eigenvalue weighted by molar-refractivity contribution is 6.30. The van der Waals surface area contributed by atoms with Gasteiger partial charge in [-0.1, -0.05) is 81.0 Å². The van der Waals surface area contributed by atoms with Gasteiger partial charge in [0.1, 0.15) is 12.3 Å². The summed E-state index contributed by atoms with van der Waals surface area (Å²) < 4.78 is 13.2. The lowest BCUT2D eigenvalue weighted by Crippen LogP contribution is -2.49. The van der Waals surface area contributed by atoms with Crippen LogP contribution in [0.25, 0.3) is 0 Å². The van der Waals surface area contributed by atoms with Crippen molar-refractivity contribution >= 4 is 11.6 Å². The van der Waals surface area contributed by atoms with Gasteiger partial charge in [-0.25, -0.2) is 0 Å². The van der Waals surface area contributed by atoms with Gasteiger partial charge in [-0.3, -0.25) is 9.22 Å². The van der Waals surface area contributed by atoms with Crippen LogP contribution in [0.4, 0.5) is 0 Å². The second-order valence-electron chi connectivity index (χ2n) is 9.11. The van der Waals surface area contributed by atoms with Crippen molar-refractivity contribution in [2.75, 3.05) is 14.1 Å². The quantitative estimate of drug-likeness (QED) is 0.169. The predicted molar refractivity (Wildman–Crippen MR) is 131 cm³/mol. The van der Waals surface area contributed by atoms with Gasteiger partial charge in [-0.05, 0) is 43.5 Å². The van der Waals surface area contributed by atoms with Crippen LogP contribution in [0.2, 0.25) is 5.02 Å². The number of aryl methyl sites for hydroxylation is 1. The van der Waals surface area contributed by atoms with Crippen LogP contribution in [0.5, 0.6) is 5.75 Å². The van der Waals surface area contributed by atoms with Crippen molar-refractivity contribution in [3.05, 3.63) is 64.7 Å². The molecule has 0 heterocycles. The normalized spacial score (nSPS) is 13.7. The summed E-state index contributed by atoms with van der Waals surface area (Å²) in [4.78, 5) is 0. The first-order valence-electron chi connectivity index (χ1n) is 11.8. The molecule has 0 aromatic heterocycles. The molecule has 2 aromatic carbocycles. The van der Waals surface area contributed by atoms with E-state index in [0.29, 0.717) is 4.48 Å². The molecule has 0 aliphatic carbocycles. The van der Waals surface area contributed by atoms with E-state index in [9.17, 15) is 0 Å². The van der Waals surface area contributed by atoms with E-state index < -0.39 is 0 Å². The Morgan fingerprint density at radius 2 is 1.52 bits per heavy atom. The Morgan fingerprint density at radius 1 is 0.871 bits per heavy atom. The van der Waals surface area contributed by atoms with Crippen LogP contribution < -0.4 is 4.74 Å². The van der Waals surface area contributed by atoms with Gasteiger partial charge in [0.15, 0.2) is 6.23 Å². The zero-order valence-corrected chi connectivity index (χ0v) is 20.8. The van der Waals surface area contributed by atoms with E-state index >= 15 is 0 Å². The number of ether oxygens (including phenoxy) is 2. The summed E-state index contributed by atoms with van der Waals surface area (Å²) in [5, 5.41) is 0.764. The van der Waals surface area contributed by atoms with Crippen molar-refractivity contribution < 1.29 is 14.0 Å². The Bertz CT molecular complexity index is 760. The van der Waals surface area contributed by atoms with Gasteiger partial charge in [0.05, 0.1) is 14.1 Å². The van der Waals surface area contributed by atoms with Crippen LogP contribution in [0.1, 0.15) is 70.4 Å². The Kier molecular flexibility index (Phi) is 10.9. The summed E-state index contributed by atoms with van der Waals surface area (Å²) in [5.41, 5.74) is 2.51. The maximum absolute atomic E-state index is 6.26. The Hall–Kier alpha value is -1.55. The fourth-order valence-corrected chi connectivity index (χ4v) is 3.88. The number of hydrogen-bond acceptors (Lipinski definition) is 2. The molecule has 2 aromatic rings. The Labute approximate surface area is 194 Å². The lowest BCUT2D eigenvalue weighted by molar-refractivity contribution is -0.949. The van der Waals surface area contributed by atoms with Crippen molar-refractivity contribution in [2.45, 2.75) is 84.8 Å². The molecule has 3 nitrogen and oxygen atoms in total. The fourth-order valence-electron chi connectivity index (χ4n) is 3.76. The number of quaternary nitrogens is 1. The first-order valence-corrected chi connectivity index (χ1v) is 12.2. The summed E-state index contributed by atoms with van der Waals surface area (Å²) in [6.45, 7) is 7.22. The number of unbranched alkanes of at least 4 members (excludes halogenated alkanes) is 5. The monoisotopic (exact) mass is 446 g/mol. The molecule has 0 amide bonds. The molecule has 0 saturated carbocycles. The lowest BCUT2D eigenvalue weighted by Gasteiger charge is -2.37. The summed E-state index contributed by atoms with van der Waals surface area (Å²) in [6.07, 6.45) is 8.54. The standard InChI is InChI=1S/C27H41ClNO2/c1-6-7-8-9-10-11-14-25-15-12-13-16-27(25)31-23(3)30-22(2)29(4,5)21-24-17-19-26(28)20-18-24/h12-13,15-20,22-23H,6-11,14,21H2,1-5H3/q+1. The third kappa shape index (κ3) is 9.22. The average Bonchev–Trinajstić information content (AvgIpc) is 2.73. The highest BCUT2D eigenvalue weighted by Gasteiger charge is 2.27. The lowest BCUT2D eigenvalue weighted by atomic mass is 10.0. The van der Waals surface area contributed by atoms with Crippen LogP contribution in [0.3, 0.4) is 0 Å². The van der Waals surface area contributed by atoms with Crippen LogP contribution in [-0.4, -0.2) is 31.1 Å². The molecule has 2 unspecified atom stereocenters. The molecule has 0 fully saturated rings. The van der Waals surface area contributed by atoms with Gasteiger partial charge in [-0.2, -0.15) is 0 Å². The molecule has 0 spiro atoms. The molecule has 0 N–H and O–H groups in total. The van der Waals surface area contributed by atoms with Gasteiger partial charge in [0.25, 0.3) is 0 Å². The van der Waals surface area contributed by atoms with E-state index in [1.807, 2.05) is 25.1 Å². The van der Waals surface area contributed by atoms with E-state index in [-0.39, 0.29) is 12.5 Å². The SMILES string of the molecule is CCCCCCCCc1ccccc1OC(C)OC(C)[N+](C)(C)Cc1ccc(Cl)cc1. The van der Waals surface area contributed by atoms with E-state index in [4.69, 9.17) is 21.1 Å². The number of para-hydroxylation sites is 1. The number of halogens is 1. The van der Waals surface area contributed by atoms with Gasteiger partial charge in [-0.15, -0.1) is 0 Å².